The van der Waals surface area contributed by atoms with Gasteiger partial charge in [-0.25, -0.2) is 9.78 Å². The Labute approximate surface area is 147 Å². The van der Waals surface area contributed by atoms with E-state index in [1.807, 2.05) is 65.2 Å². The highest BCUT2D eigenvalue weighted by molar-refractivity contribution is 7.19. The number of carboxylic acids is 1. The average Bonchev–Trinajstić information content (AvgIpc) is 3.20. The van der Waals surface area contributed by atoms with Gasteiger partial charge in [-0.1, -0.05) is 53.8 Å². The van der Waals surface area contributed by atoms with Gasteiger partial charge in [0.2, 0.25) is 0 Å². The number of rotatable bonds is 4. The van der Waals surface area contributed by atoms with Crippen LogP contribution in [0.3, 0.4) is 0 Å². The lowest BCUT2D eigenvalue weighted by Gasteiger charge is -2.05. The number of thiazole rings is 1. The molecule has 2 heterocycles. The van der Waals surface area contributed by atoms with Gasteiger partial charge in [0.25, 0.3) is 0 Å². The number of carboxylic acid groups (broad SMARTS) is 1. The SMILES string of the molecule is COc1ccccc1-c1cn2c(-c3ccccc3)c(C(=O)O)sc2n1. The molecule has 25 heavy (non-hydrogen) atoms. The van der Waals surface area contributed by atoms with Crippen molar-refractivity contribution in [3.05, 3.63) is 65.7 Å². The number of para-hydroxylation sites is 1. The van der Waals surface area contributed by atoms with Gasteiger partial charge in [0.15, 0.2) is 4.96 Å². The Morgan fingerprint density at radius 3 is 2.56 bits per heavy atom. The molecule has 1 N–H and O–H groups in total. The molecule has 0 saturated carbocycles. The molecule has 0 amide bonds. The van der Waals surface area contributed by atoms with Crippen LogP contribution in [0.15, 0.2) is 60.8 Å². The third-order valence-corrected chi connectivity index (χ3v) is 4.99. The number of nitrogens with zero attached hydrogens (tertiary/aromatic N) is 2. The maximum atomic E-state index is 11.7. The van der Waals surface area contributed by atoms with E-state index in [4.69, 9.17) is 4.74 Å². The largest absolute Gasteiger partial charge is 0.496 e. The van der Waals surface area contributed by atoms with Crippen LogP contribution in [-0.4, -0.2) is 27.6 Å². The first kappa shape index (κ1) is 15.4. The van der Waals surface area contributed by atoms with E-state index in [2.05, 4.69) is 4.98 Å². The summed E-state index contributed by atoms with van der Waals surface area (Å²) in [5.41, 5.74) is 3.10. The third kappa shape index (κ3) is 2.56. The van der Waals surface area contributed by atoms with Crippen LogP contribution < -0.4 is 4.74 Å². The van der Waals surface area contributed by atoms with Crippen molar-refractivity contribution in [3.63, 3.8) is 0 Å². The number of ether oxygens (including phenoxy) is 1. The molecule has 0 fully saturated rings. The van der Waals surface area contributed by atoms with Crippen LogP contribution in [0.25, 0.3) is 27.5 Å². The fourth-order valence-corrected chi connectivity index (χ4v) is 3.81. The van der Waals surface area contributed by atoms with E-state index < -0.39 is 5.97 Å². The number of hydrogen-bond acceptors (Lipinski definition) is 4. The van der Waals surface area contributed by atoms with Gasteiger partial charge in [0.05, 0.1) is 18.5 Å². The van der Waals surface area contributed by atoms with E-state index in [0.717, 1.165) is 22.6 Å². The highest BCUT2D eigenvalue weighted by atomic mass is 32.1. The Morgan fingerprint density at radius 1 is 1.12 bits per heavy atom. The van der Waals surface area contributed by atoms with Gasteiger partial charge in [0.1, 0.15) is 10.6 Å². The molecule has 0 aliphatic heterocycles. The number of aromatic nitrogens is 2. The lowest BCUT2D eigenvalue weighted by atomic mass is 10.1. The second-order valence-corrected chi connectivity index (χ2v) is 6.41. The van der Waals surface area contributed by atoms with Crippen LogP contribution in [0.4, 0.5) is 0 Å². The number of aromatic carboxylic acids is 1. The fraction of sp³-hybridized carbons (Fsp3) is 0.0526. The van der Waals surface area contributed by atoms with Crippen molar-refractivity contribution >= 4 is 22.3 Å². The van der Waals surface area contributed by atoms with E-state index in [1.54, 1.807) is 7.11 Å². The van der Waals surface area contributed by atoms with E-state index in [9.17, 15) is 9.90 Å². The fourth-order valence-electron chi connectivity index (χ4n) is 2.84. The Morgan fingerprint density at radius 2 is 1.84 bits per heavy atom. The lowest BCUT2D eigenvalue weighted by Crippen LogP contribution is -1.97. The zero-order valence-electron chi connectivity index (χ0n) is 13.3. The summed E-state index contributed by atoms with van der Waals surface area (Å²) in [5, 5.41) is 9.56. The summed E-state index contributed by atoms with van der Waals surface area (Å²) >= 11 is 1.17. The number of hydrogen-bond donors (Lipinski definition) is 1. The third-order valence-electron chi connectivity index (χ3n) is 3.95. The average molecular weight is 350 g/mol. The molecule has 2 aromatic carbocycles. The molecule has 0 unspecified atom stereocenters. The summed E-state index contributed by atoms with van der Waals surface area (Å²) in [5.74, 6) is -0.221. The molecule has 5 nitrogen and oxygen atoms in total. The first-order valence-electron chi connectivity index (χ1n) is 7.63. The summed E-state index contributed by atoms with van der Waals surface area (Å²) in [6.07, 6.45) is 1.86. The van der Waals surface area contributed by atoms with Crippen LogP contribution in [0.1, 0.15) is 9.67 Å². The van der Waals surface area contributed by atoms with E-state index in [0.29, 0.717) is 10.7 Å². The molecule has 4 aromatic rings. The van der Waals surface area contributed by atoms with E-state index in [1.165, 1.54) is 11.3 Å². The van der Waals surface area contributed by atoms with Gasteiger partial charge < -0.3 is 9.84 Å². The quantitative estimate of drug-likeness (QED) is 0.591. The van der Waals surface area contributed by atoms with Crippen molar-refractivity contribution in [1.29, 1.82) is 0 Å². The zero-order chi connectivity index (χ0) is 17.4. The highest BCUT2D eigenvalue weighted by Crippen LogP contribution is 2.36. The summed E-state index contributed by atoms with van der Waals surface area (Å²) < 4.78 is 7.25. The molecule has 4 rings (SSSR count). The van der Waals surface area contributed by atoms with Crippen molar-refractivity contribution < 1.29 is 14.6 Å². The molecule has 2 aromatic heterocycles. The molecule has 0 spiro atoms. The molecule has 0 aliphatic rings. The molecular weight excluding hydrogens is 336 g/mol. The van der Waals surface area contributed by atoms with Crippen molar-refractivity contribution in [2.45, 2.75) is 0 Å². The van der Waals surface area contributed by atoms with Crippen molar-refractivity contribution in [2.24, 2.45) is 0 Å². The molecule has 124 valence electrons. The Bertz CT molecular complexity index is 1070. The minimum atomic E-state index is -0.951. The maximum Gasteiger partial charge on any atom is 0.348 e. The van der Waals surface area contributed by atoms with Gasteiger partial charge in [-0.3, -0.25) is 4.40 Å². The molecule has 0 aliphatic carbocycles. The van der Waals surface area contributed by atoms with Gasteiger partial charge in [-0.2, -0.15) is 0 Å². The van der Waals surface area contributed by atoms with Crippen molar-refractivity contribution in [2.75, 3.05) is 7.11 Å². The second-order valence-electron chi connectivity index (χ2n) is 5.43. The molecule has 0 radical (unpaired) electrons. The molecule has 0 bridgehead atoms. The number of methoxy groups -OCH3 is 1. The summed E-state index contributed by atoms with van der Waals surface area (Å²) in [7, 11) is 1.62. The number of fused-ring (bicyclic) bond motifs is 1. The molecule has 6 heteroatoms. The van der Waals surface area contributed by atoms with Crippen molar-refractivity contribution in [1.82, 2.24) is 9.38 Å². The summed E-state index contributed by atoms with van der Waals surface area (Å²) in [6, 6.07) is 17.1. The van der Waals surface area contributed by atoms with Crippen LogP contribution >= 0.6 is 11.3 Å². The van der Waals surface area contributed by atoms with Gasteiger partial charge in [-0.15, -0.1) is 0 Å². The first-order chi connectivity index (χ1) is 12.2. The number of imidazole rings is 1. The number of benzene rings is 2. The summed E-state index contributed by atoms with van der Waals surface area (Å²) in [4.78, 5) is 17.2. The minimum absolute atomic E-state index is 0.278. The van der Waals surface area contributed by atoms with Gasteiger partial charge >= 0.3 is 5.97 Å². The molecule has 0 saturated heterocycles. The standard InChI is InChI=1S/C19H14N2O3S/c1-24-15-10-6-5-9-13(15)14-11-21-16(12-7-3-2-4-8-12)17(18(22)23)25-19(21)20-14/h2-11H,1H3,(H,22,23). The molecular formula is C19H14N2O3S. The Balaban J connectivity index is 1.96. The maximum absolute atomic E-state index is 11.7. The van der Waals surface area contributed by atoms with Crippen LogP contribution in [0.5, 0.6) is 5.75 Å². The Hall–Kier alpha value is -3.12. The lowest BCUT2D eigenvalue weighted by molar-refractivity contribution is 0.0702. The predicted octanol–water partition coefficient (Wildman–Crippen LogP) is 4.44. The summed E-state index contributed by atoms with van der Waals surface area (Å²) in [6.45, 7) is 0. The first-order valence-corrected chi connectivity index (χ1v) is 8.44. The predicted molar refractivity (Wildman–Crippen MR) is 97.5 cm³/mol. The van der Waals surface area contributed by atoms with Crippen LogP contribution in [-0.2, 0) is 0 Å². The van der Waals surface area contributed by atoms with Crippen molar-refractivity contribution in [3.8, 4) is 28.3 Å². The monoisotopic (exact) mass is 350 g/mol. The molecule has 0 atom stereocenters. The minimum Gasteiger partial charge on any atom is -0.496 e. The van der Waals surface area contributed by atoms with E-state index in [-0.39, 0.29) is 4.88 Å². The highest BCUT2D eigenvalue weighted by Gasteiger charge is 2.22. The Kier molecular flexibility index (Phi) is 3.74. The van der Waals surface area contributed by atoms with Gasteiger partial charge in [-0.05, 0) is 12.1 Å². The number of carbonyl (C=O) groups is 1. The van der Waals surface area contributed by atoms with E-state index >= 15 is 0 Å². The zero-order valence-corrected chi connectivity index (χ0v) is 14.2. The smallest absolute Gasteiger partial charge is 0.348 e. The van der Waals surface area contributed by atoms with Crippen LogP contribution in [0.2, 0.25) is 0 Å². The van der Waals surface area contributed by atoms with Gasteiger partial charge in [0, 0.05) is 17.3 Å². The topological polar surface area (TPSA) is 63.8 Å². The normalized spacial score (nSPS) is 10.9. The van der Waals surface area contributed by atoms with Crippen LogP contribution in [0, 0.1) is 0 Å². The second kappa shape index (κ2) is 6.07.